The maximum atomic E-state index is 12.3. The molecule has 0 bridgehead atoms. The van der Waals surface area contributed by atoms with Crippen molar-refractivity contribution in [3.8, 4) is 5.75 Å². The highest BCUT2D eigenvalue weighted by Gasteiger charge is 2.39. The summed E-state index contributed by atoms with van der Waals surface area (Å²) in [6, 6.07) is 8.84. The third-order valence-electron chi connectivity index (χ3n) is 3.76. The highest BCUT2D eigenvalue weighted by molar-refractivity contribution is 5.83. The van der Waals surface area contributed by atoms with Gasteiger partial charge in [-0.2, -0.15) is 0 Å². The molecule has 5 nitrogen and oxygen atoms in total. The van der Waals surface area contributed by atoms with Crippen LogP contribution in [0.1, 0.15) is 20.3 Å². The fourth-order valence-electron chi connectivity index (χ4n) is 2.57. The molecule has 2 rings (SSSR count). The highest BCUT2D eigenvalue weighted by atomic mass is 16.5. The Morgan fingerprint density at radius 3 is 2.55 bits per heavy atom. The van der Waals surface area contributed by atoms with E-state index in [4.69, 9.17) is 9.84 Å². The molecule has 0 aliphatic carbocycles. The van der Waals surface area contributed by atoms with E-state index < -0.39 is 18.0 Å². The SMILES string of the molecule is CC(Oc1ccccc1)C(=O)N1CCC(C(=O)O)C1C. The number of nitrogens with zero attached hydrogens (tertiary/aromatic N) is 1. The Balaban J connectivity index is 1.99. The molecule has 1 saturated heterocycles. The number of carbonyl (C=O) groups excluding carboxylic acids is 1. The third-order valence-corrected chi connectivity index (χ3v) is 3.76. The molecule has 0 radical (unpaired) electrons. The number of hydrogen-bond donors (Lipinski definition) is 1. The minimum atomic E-state index is -0.843. The maximum Gasteiger partial charge on any atom is 0.308 e. The van der Waals surface area contributed by atoms with Crippen LogP contribution in [0.5, 0.6) is 5.75 Å². The Labute approximate surface area is 118 Å². The molecule has 5 heteroatoms. The van der Waals surface area contributed by atoms with Crippen molar-refractivity contribution < 1.29 is 19.4 Å². The van der Waals surface area contributed by atoms with Crippen LogP contribution in [-0.4, -0.2) is 40.6 Å². The first-order chi connectivity index (χ1) is 9.50. The molecule has 1 aromatic rings. The number of aliphatic carboxylic acids is 1. The second-order valence-electron chi connectivity index (χ2n) is 5.08. The summed E-state index contributed by atoms with van der Waals surface area (Å²) in [5, 5.41) is 9.09. The summed E-state index contributed by atoms with van der Waals surface area (Å²) in [6.45, 7) is 3.94. The first kappa shape index (κ1) is 14.4. The molecule has 1 N–H and O–H groups in total. The lowest BCUT2D eigenvalue weighted by Gasteiger charge is -2.26. The van der Waals surface area contributed by atoms with E-state index in [0.717, 1.165) is 0 Å². The molecule has 108 valence electrons. The van der Waals surface area contributed by atoms with Crippen molar-refractivity contribution in [2.24, 2.45) is 5.92 Å². The molecule has 0 aromatic heterocycles. The third kappa shape index (κ3) is 2.92. The number of likely N-dealkylation sites (tertiary alicyclic amines) is 1. The molecule has 1 fully saturated rings. The van der Waals surface area contributed by atoms with Crippen LogP contribution in [0.3, 0.4) is 0 Å². The minimum absolute atomic E-state index is 0.162. The molecule has 1 heterocycles. The summed E-state index contributed by atoms with van der Waals surface area (Å²) in [6.07, 6.45) is -0.118. The van der Waals surface area contributed by atoms with Gasteiger partial charge in [0.25, 0.3) is 5.91 Å². The largest absolute Gasteiger partial charge is 0.481 e. The van der Waals surface area contributed by atoms with Crippen LogP contribution < -0.4 is 4.74 Å². The highest BCUT2D eigenvalue weighted by Crippen LogP contribution is 2.25. The average molecular weight is 277 g/mol. The van der Waals surface area contributed by atoms with Gasteiger partial charge in [-0.15, -0.1) is 0 Å². The Hall–Kier alpha value is -2.04. The van der Waals surface area contributed by atoms with Gasteiger partial charge in [-0.25, -0.2) is 0 Å². The number of benzene rings is 1. The molecule has 1 aromatic carbocycles. The van der Waals surface area contributed by atoms with E-state index >= 15 is 0 Å². The zero-order valence-corrected chi connectivity index (χ0v) is 11.7. The summed E-state index contributed by atoms with van der Waals surface area (Å²) >= 11 is 0. The summed E-state index contributed by atoms with van der Waals surface area (Å²) in [5.74, 6) is -0.854. The summed E-state index contributed by atoms with van der Waals surface area (Å²) < 4.78 is 5.59. The molecule has 1 aliphatic heterocycles. The molecule has 0 saturated carbocycles. The predicted molar refractivity (Wildman–Crippen MR) is 73.4 cm³/mol. The van der Waals surface area contributed by atoms with E-state index in [1.54, 1.807) is 30.9 Å². The molecule has 3 unspecified atom stereocenters. The lowest BCUT2D eigenvalue weighted by molar-refractivity contribution is -0.144. The summed E-state index contributed by atoms with van der Waals surface area (Å²) in [7, 11) is 0. The second kappa shape index (κ2) is 5.94. The molecular weight excluding hydrogens is 258 g/mol. The summed E-state index contributed by atoms with van der Waals surface area (Å²) in [5.41, 5.74) is 0. The number of rotatable bonds is 4. The van der Waals surface area contributed by atoms with Gasteiger partial charge in [0.05, 0.1) is 5.92 Å². The van der Waals surface area contributed by atoms with Gasteiger partial charge in [-0.1, -0.05) is 18.2 Å². The van der Waals surface area contributed by atoms with Crippen molar-refractivity contribution in [2.45, 2.75) is 32.4 Å². The second-order valence-corrected chi connectivity index (χ2v) is 5.08. The summed E-state index contributed by atoms with van der Waals surface area (Å²) in [4.78, 5) is 25.0. The van der Waals surface area contributed by atoms with E-state index in [9.17, 15) is 9.59 Å². The van der Waals surface area contributed by atoms with Gasteiger partial charge in [0.2, 0.25) is 0 Å². The molecule has 1 amide bonds. The van der Waals surface area contributed by atoms with E-state index in [1.807, 2.05) is 18.2 Å². The van der Waals surface area contributed by atoms with Crippen LogP contribution in [0.4, 0.5) is 0 Å². The van der Waals surface area contributed by atoms with Gasteiger partial charge in [0, 0.05) is 12.6 Å². The molecule has 20 heavy (non-hydrogen) atoms. The van der Waals surface area contributed by atoms with Gasteiger partial charge in [0.15, 0.2) is 6.10 Å². The van der Waals surface area contributed by atoms with E-state index in [0.29, 0.717) is 18.7 Å². The molecule has 3 atom stereocenters. The van der Waals surface area contributed by atoms with Crippen LogP contribution in [0.2, 0.25) is 0 Å². The van der Waals surface area contributed by atoms with E-state index in [2.05, 4.69) is 0 Å². The fraction of sp³-hybridized carbons (Fsp3) is 0.467. The first-order valence-corrected chi connectivity index (χ1v) is 6.75. The van der Waals surface area contributed by atoms with Crippen molar-refractivity contribution in [1.82, 2.24) is 4.90 Å². The molecular formula is C15H19NO4. The minimum Gasteiger partial charge on any atom is -0.481 e. The van der Waals surface area contributed by atoms with Crippen LogP contribution in [0.25, 0.3) is 0 Å². The molecule has 0 spiro atoms. The fourth-order valence-corrected chi connectivity index (χ4v) is 2.57. The monoisotopic (exact) mass is 277 g/mol. The van der Waals surface area contributed by atoms with Gasteiger partial charge in [-0.05, 0) is 32.4 Å². The van der Waals surface area contributed by atoms with Gasteiger partial charge < -0.3 is 14.7 Å². The zero-order chi connectivity index (χ0) is 14.7. The maximum absolute atomic E-state index is 12.3. The standard InChI is InChI=1S/C15H19NO4/c1-10-13(15(18)19)8-9-16(10)14(17)11(2)20-12-6-4-3-5-7-12/h3-7,10-11,13H,8-9H2,1-2H3,(H,18,19). The van der Waals surface area contributed by atoms with Crippen molar-refractivity contribution in [3.05, 3.63) is 30.3 Å². The van der Waals surface area contributed by atoms with E-state index in [-0.39, 0.29) is 11.9 Å². The smallest absolute Gasteiger partial charge is 0.308 e. The Bertz CT molecular complexity index is 488. The van der Waals surface area contributed by atoms with Gasteiger partial charge >= 0.3 is 5.97 Å². The Morgan fingerprint density at radius 2 is 2.00 bits per heavy atom. The quantitative estimate of drug-likeness (QED) is 0.911. The van der Waals surface area contributed by atoms with Crippen LogP contribution in [0, 0.1) is 5.92 Å². The predicted octanol–water partition coefficient (Wildman–Crippen LogP) is 1.78. The Morgan fingerprint density at radius 1 is 1.35 bits per heavy atom. The topological polar surface area (TPSA) is 66.8 Å². The van der Waals surface area contributed by atoms with Crippen molar-refractivity contribution >= 4 is 11.9 Å². The van der Waals surface area contributed by atoms with Crippen LogP contribution in [0.15, 0.2) is 30.3 Å². The normalized spacial score (nSPS) is 23.4. The Kier molecular flexibility index (Phi) is 4.27. The molecule has 1 aliphatic rings. The van der Waals surface area contributed by atoms with Crippen LogP contribution >= 0.6 is 0 Å². The van der Waals surface area contributed by atoms with E-state index in [1.165, 1.54) is 0 Å². The number of hydrogen-bond acceptors (Lipinski definition) is 3. The lowest BCUT2D eigenvalue weighted by Crippen LogP contribution is -2.44. The first-order valence-electron chi connectivity index (χ1n) is 6.75. The zero-order valence-electron chi connectivity index (χ0n) is 11.7. The van der Waals surface area contributed by atoms with Gasteiger partial charge in [-0.3, -0.25) is 9.59 Å². The van der Waals surface area contributed by atoms with Crippen molar-refractivity contribution in [2.75, 3.05) is 6.54 Å². The number of carbonyl (C=O) groups is 2. The van der Waals surface area contributed by atoms with Crippen molar-refractivity contribution in [1.29, 1.82) is 0 Å². The number of ether oxygens (including phenoxy) is 1. The number of amides is 1. The number of carboxylic acid groups (broad SMARTS) is 1. The number of para-hydroxylation sites is 1. The van der Waals surface area contributed by atoms with Crippen molar-refractivity contribution in [3.63, 3.8) is 0 Å². The van der Waals surface area contributed by atoms with Crippen LogP contribution in [-0.2, 0) is 9.59 Å². The lowest BCUT2D eigenvalue weighted by atomic mass is 10.0. The average Bonchev–Trinajstić information content (AvgIpc) is 2.81. The number of carboxylic acids is 1. The van der Waals surface area contributed by atoms with Gasteiger partial charge in [0.1, 0.15) is 5.75 Å².